The summed E-state index contributed by atoms with van der Waals surface area (Å²) in [5.41, 5.74) is -6.34. The van der Waals surface area contributed by atoms with Gasteiger partial charge in [0.1, 0.15) is 17.2 Å². The van der Waals surface area contributed by atoms with Crippen molar-refractivity contribution >= 4 is 35.4 Å². The van der Waals surface area contributed by atoms with E-state index in [-0.39, 0.29) is 0 Å². The highest BCUT2D eigenvalue weighted by atomic mass is 35.5. The second kappa shape index (κ2) is 7.81. The van der Waals surface area contributed by atoms with Crippen LogP contribution >= 0.6 is 23.2 Å². The predicted octanol–water partition coefficient (Wildman–Crippen LogP) is 5.83. The first-order valence-corrected chi connectivity index (χ1v) is 9.39. The van der Waals surface area contributed by atoms with Gasteiger partial charge in [0.25, 0.3) is 12.3 Å². The highest BCUT2D eigenvalue weighted by Gasteiger charge is 2.79. The molecule has 32 heavy (non-hydrogen) atoms. The third kappa shape index (κ3) is 3.77. The molecule has 0 aliphatic heterocycles. The molecule has 1 aromatic carbocycles. The van der Waals surface area contributed by atoms with Crippen molar-refractivity contribution in [3.05, 3.63) is 39.0 Å². The van der Waals surface area contributed by atoms with Gasteiger partial charge in [-0.3, -0.25) is 0 Å². The number of halogens is 9. The molecule has 1 aliphatic rings. The lowest BCUT2D eigenvalue weighted by molar-refractivity contribution is -0.137. The molecule has 0 bridgehead atoms. The SMILES string of the molecule is CN(C)/C=N\c1c(C2(C(F)F)CC2(F)F)c(C#N)nn1-c1c(Cl)cc(C(F)(F)F)cc1Cl. The van der Waals surface area contributed by atoms with Crippen LogP contribution in [-0.2, 0) is 11.6 Å². The van der Waals surface area contributed by atoms with Crippen LogP contribution in [0.1, 0.15) is 23.2 Å². The number of aromatic nitrogens is 2. The number of rotatable bonds is 5. The van der Waals surface area contributed by atoms with Crippen molar-refractivity contribution in [2.75, 3.05) is 14.1 Å². The topological polar surface area (TPSA) is 57.2 Å². The van der Waals surface area contributed by atoms with Crippen LogP contribution < -0.4 is 0 Å². The molecule has 1 heterocycles. The first-order valence-electron chi connectivity index (χ1n) is 8.64. The summed E-state index contributed by atoms with van der Waals surface area (Å²) in [7, 11) is 2.98. The number of nitrogens with zero attached hydrogens (tertiary/aromatic N) is 5. The number of hydrogen-bond donors (Lipinski definition) is 0. The van der Waals surface area contributed by atoms with Gasteiger partial charge in [-0.05, 0) is 12.1 Å². The van der Waals surface area contributed by atoms with E-state index in [1.807, 2.05) is 0 Å². The molecular weight excluding hydrogens is 490 g/mol. The average Bonchev–Trinajstić information content (AvgIpc) is 3.06. The van der Waals surface area contributed by atoms with Crippen LogP contribution in [0.15, 0.2) is 17.1 Å². The van der Waals surface area contributed by atoms with E-state index in [1.54, 1.807) is 0 Å². The van der Waals surface area contributed by atoms with Crippen molar-refractivity contribution in [2.24, 2.45) is 4.99 Å². The van der Waals surface area contributed by atoms with E-state index in [2.05, 4.69) is 10.1 Å². The van der Waals surface area contributed by atoms with Gasteiger partial charge < -0.3 is 4.90 Å². The monoisotopic (exact) mass is 501 g/mol. The van der Waals surface area contributed by atoms with Crippen molar-refractivity contribution in [3.63, 3.8) is 0 Å². The fraction of sp³-hybridized carbons (Fsp3) is 0.389. The standard InChI is InChI=1S/C18H12Cl2F7N5/c1-31(2)7-29-14-12(16(15(21)22)6-17(16,23)24)11(5-28)30-32(14)13-9(19)3-8(4-10(13)20)18(25,26)27/h3-4,7,15H,6H2,1-2H3/b29-7-. The van der Waals surface area contributed by atoms with Gasteiger partial charge in [-0.15, -0.1) is 0 Å². The van der Waals surface area contributed by atoms with Gasteiger partial charge in [-0.25, -0.2) is 27.2 Å². The highest BCUT2D eigenvalue weighted by molar-refractivity contribution is 6.38. The lowest BCUT2D eigenvalue weighted by Crippen LogP contribution is -2.26. The normalized spacial score (nSPS) is 20.1. The van der Waals surface area contributed by atoms with Gasteiger partial charge in [0.05, 0.1) is 27.5 Å². The van der Waals surface area contributed by atoms with E-state index in [9.17, 15) is 36.0 Å². The molecule has 1 fully saturated rings. The first-order chi connectivity index (χ1) is 14.7. The molecule has 172 valence electrons. The van der Waals surface area contributed by atoms with E-state index in [4.69, 9.17) is 23.2 Å². The van der Waals surface area contributed by atoms with E-state index in [1.165, 1.54) is 25.1 Å². The van der Waals surface area contributed by atoms with Crippen molar-refractivity contribution in [3.8, 4) is 11.8 Å². The van der Waals surface area contributed by atoms with Crippen LogP contribution in [0.2, 0.25) is 10.0 Å². The molecule has 1 saturated carbocycles. The van der Waals surface area contributed by atoms with Crippen LogP contribution in [-0.4, -0.2) is 47.5 Å². The van der Waals surface area contributed by atoms with Gasteiger partial charge in [-0.2, -0.15) is 23.5 Å². The van der Waals surface area contributed by atoms with Gasteiger partial charge in [0.2, 0.25) is 0 Å². The molecule has 0 amide bonds. The molecular formula is C18H12Cl2F7N5. The van der Waals surface area contributed by atoms with E-state index >= 15 is 0 Å². The molecule has 1 aliphatic carbocycles. The predicted molar refractivity (Wildman–Crippen MR) is 102 cm³/mol. The fourth-order valence-electron chi connectivity index (χ4n) is 3.20. The summed E-state index contributed by atoms with van der Waals surface area (Å²) < 4.78 is 95.8. The van der Waals surface area contributed by atoms with Crippen LogP contribution in [0.3, 0.4) is 0 Å². The highest BCUT2D eigenvalue weighted by Crippen LogP contribution is 2.67. The molecule has 1 unspecified atom stereocenters. The Morgan fingerprint density at radius 1 is 1.25 bits per heavy atom. The second-order valence-electron chi connectivity index (χ2n) is 7.22. The van der Waals surface area contributed by atoms with Crippen molar-refractivity contribution in [2.45, 2.75) is 30.4 Å². The van der Waals surface area contributed by atoms with Gasteiger partial charge >= 0.3 is 6.18 Å². The molecule has 0 saturated heterocycles. The van der Waals surface area contributed by atoms with Gasteiger partial charge in [-0.1, -0.05) is 23.2 Å². The zero-order valence-corrected chi connectivity index (χ0v) is 17.7. The minimum atomic E-state index is -4.80. The maximum atomic E-state index is 14.2. The molecule has 0 N–H and O–H groups in total. The van der Waals surface area contributed by atoms with E-state index in [0.29, 0.717) is 16.8 Å². The lowest BCUT2D eigenvalue weighted by Gasteiger charge is -2.17. The smallest absolute Gasteiger partial charge is 0.369 e. The van der Waals surface area contributed by atoms with Crippen LogP contribution in [0.25, 0.3) is 5.69 Å². The largest absolute Gasteiger partial charge is 0.416 e. The maximum absolute atomic E-state index is 14.2. The van der Waals surface area contributed by atoms with Gasteiger partial charge in [0.15, 0.2) is 11.5 Å². The Morgan fingerprint density at radius 2 is 1.78 bits per heavy atom. The van der Waals surface area contributed by atoms with Crippen LogP contribution in [0.5, 0.6) is 0 Å². The minimum Gasteiger partial charge on any atom is -0.369 e. The number of aliphatic imine (C=N–C) groups is 1. The number of nitriles is 1. The zero-order chi connectivity index (χ0) is 24.2. The van der Waals surface area contributed by atoms with Crippen LogP contribution in [0.4, 0.5) is 36.6 Å². The first kappa shape index (κ1) is 24.1. The van der Waals surface area contributed by atoms with Crippen molar-refractivity contribution < 1.29 is 30.7 Å². The van der Waals surface area contributed by atoms with E-state index < -0.39 is 68.7 Å². The Morgan fingerprint density at radius 3 is 2.16 bits per heavy atom. The van der Waals surface area contributed by atoms with Crippen molar-refractivity contribution in [1.29, 1.82) is 5.26 Å². The third-order valence-corrected chi connectivity index (χ3v) is 5.36. The Hall–Kier alpha value is -2.52. The summed E-state index contributed by atoms with van der Waals surface area (Å²) >= 11 is 12.0. The van der Waals surface area contributed by atoms with E-state index in [0.717, 1.165) is 6.34 Å². The zero-order valence-electron chi connectivity index (χ0n) is 16.2. The van der Waals surface area contributed by atoms with Crippen LogP contribution in [0, 0.1) is 11.3 Å². The summed E-state index contributed by atoms with van der Waals surface area (Å²) in [4.78, 5) is 5.24. The summed E-state index contributed by atoms with van der Waals surface area (Å²) in [5.74, 6) is -4.49. The van der Waals surface area contributed by atoms with Crippen molar-refractivity contribution in [1.82, 2.24) is 14.7 Å². The molecule has 3 rings (SSSR count). The molecule has 5 nitrogen and oxygen atoms in total. The molecule has 0 radical (unpaired) electrons. The summed E-state index contributed by atoms with van der Waals surface area (Å²) in [6.45, 7) is 0. The third-order valence-electron chi connectivity index (χ3n) is 4.78. The fourth-order valence-corrected chi connectivity index (χ4v) is 3.85. The molecule has 1 aromatic heterocycles. The molecule has 2 aromatic rings. The number of benzene rings is 1. The summed E-state index contributed by atoms with van der Waals surface area (Å²) in [5, 5.41) is 11.9. The number of alkyl halides is 7. The second-order valence-corrected chi connectivity index (χ2v) is 8.03. The van der Waals surface area contributed by atoms with Gasteiger partial charge in [0, 0.05) is 20.5 Å². The Bertz CT molecular complexity index is 1110. The quantitative estimate of drug-likeness (QED) is 0.294. The Balaban J connectivity index is 2.37. The molecule has 0 spiro atoms. The number of hydrogen-bond acceptors (Lipinski definition) is 3. The summed E-state index contributed by atoms with van der Waals surface area (Å²) in [6, 6.07) is 2.48. The lowest BCUT2D eigenvalue weighted by atomic mass is 9.95. The summed E-state index contributed by atoms with van der Waals surface area (Å²) in [6.07, 6.45) is -8.60. The maximum Gasteiger partial charge on any atom is 0.416 e. The molecule has 14 heteroatoms. The Kier molecular flexibility index (Phi) is 5.89. The minimum absolute atomic E-state index is 0.441. The Labute approximate surface area is 186 Å². The molecule has 1 atom stereocenters. The average molecular weight is 502 g/mol.